The Morgan fingerprint density at radius 1 is 1.45 bits per heavy atom. The van der Waals surface area contributed by atoms with E-state index in [1.165, 1.54) is 6.92 Å². The summed E-state index contributed by atoms with van der Waals surface area (Å²) in [5.41, 5.74) is 0. The van der Waals surface area contributed by atoms with Gasteiger partial charge in [-0.1, -0.05) is 6.92 Å². The quantitative estimate of drug-likeness (QED) is 0.663. The molecule has 0 saturated carbocycles. The van der Waals surface area contributed by atoms with Crippen LogP contribution in [0.3, 0.4) is 0 Å². The Hall–Kier alpha value is -0.0300. The zero-order valence-corrected chi connectivity index (χ0v) is 7.11. The summed E-state index contributed by atoms with van der Waals surface area (Å²) in [6.45, 7) is 1.53. The fourth-order valence-corrected chi connectivity index (χ4v) is 1.08. The highest BCUT2D eigenvalue weighted by atomic mass is 32.2. The number of alkyl halides is 2. The number of halogens is 2. The van der Waals surface area contributed by atoms with Gasteiger partial charge in [0.05, 0.1) is 5.75 Å². The molecule has 0 spiro atoms. The Bertz CT molecular complexity index is 132. The fourth-order valence-electron chi connectivity index (χ4n) is 0.650. The lowest BCUT2D eigenvalue weighted by Crippen LogP contribution is -2.18. The molecule has 11 heavy (non-hydrogen) atoms. The Morgan fingerprint density at radius 2 is 2.00 bits per heavy atom. The van der Waals surface area contributed by atoms with E-state index in [9.17, 15) is 13.0 Å². The highest BCUT2D eigenvalue weighted by Crippen LogP contribution is 2.11. The Morgan fingerprint density at radius 3 is 2.36 bits per heavy atom. The maximum atomic E-state index is 12.5. The molecule has 1 N–H and O–H groups in total. The summed E-state index contributed by atoms with van der Waals surface area (Å²) < 4.78 is 43.2. The van der Waals surface area contributed by atoms with Gasteiger partial charge < -0.3 is 4.55 Å². The van der Waals surface area contributed by atoms with Gasteiger partial charge in [-0.15, -0.1) is 0 Å². The highest BCUT2D eigenvalue weighted by molar-refractivity contribution is 7.79. The Labute approximate surface area is 67.3 Å². The Balaban J connectivity index is 3.51. The van der Waals surface area contributed by atoms with Gasteiger partial charge in [-0.3, -0.25) is 0 Å². The van der Waals surface area contributed by atoms with Crippen LogP contribution in [0.1, 0.15) is 19.8 Å². The van der Waals surface area contributed by atoms with E-state index in [2.05, 4.69) is 0 Å². The second-order valence-electron chi connectivity index (χ2n) is 2.25. The minimum Gasteiger partial charge on any atom is -0.306 e. The van der Waals surface area contributed by atoms with Crippen LogP contribution in [0.25, 0.3) is 0 Å². The normalized spacial score (nSPS) is 19.3. The van der Waals surface area contributed by atoms with Crippen LogP contribution in [-0.2, 0) is 11.1 Å². The number of hydrogen-bond acceptors (Lipinski definition) is 1. The van der Waals surface area contributed by atoms with Crippen molar-refractivity contribution in [3.8, 4) is 0 Å². The molecule has 0 aromatic rings. The predicted octanol–water partition coefficient (Wildman–Crippen LogP) is 1.68. The molecule has 0 bridgehead atoms. The molecule has 68 valence electrons. The smallest absolute Gasteiger partial charge is 0.152 e. The third-order valence-electron chi connectivity index (χ3n) is 1.35. The van der Waals surface area contributed by atoms with Crippen LogP contribution >= 0.6 is 0 Å². The van der Waals surface area contributed by atoms with Crippen molar-refractivity contribution in [2.24, 2.45) is 0 Å². The molecular formula is C6H12F2O2S. The summed E-state index contributed by atoms with van der Waals surface area (Å²) in [5.74, 6) is -0.193. The lowest BCUT2D eigenvalue weighted by molar-refractivity contribution is 0.159. The minimum atomic E-state index is -2.01. The second-order valence-corrected chi connectivity index (χ2v) is 3.31. The summed E-state index contributed by atoms with van der Waals surface area (Å²) >= 11 is -2.01. The molecule has 5 heteroatoms. The van der Waals surface area contributed by atoms with Crippen LogP contribution in [0.2, 0.25) is 0 Å². The predicted molar refractivity (Wildman–Crippen MR) is 40.3 cm³/mol. The largest absolute Gasteiger partial charge is 0.306 e. The van der Waals surface area contributed by atoms with E-state index >= 15 is 0 Å². The van der Waals surface area contributed by atoms with E-state index in [0.717, 1.165) is 0 Å². The average Bonchev–Trinajstić information content (AvgIpc) is 1.98. The molecule has 0 aromatic carbocycles. The van der Waals surface area contributed by atoms with Gasteiger partial charge in [-0.25, -0.2) is 13.0 Å². The first kappa shape index (κ1) is 11.0. The average molecular weight is 186 g/mol. The van der Waals surface area contributed by atoms with Crippen molar-refractivity contribution in [3.63, 3.8) is 0 Å². The van der Waals surface area contributed by atoms with E-state index in [-0.39, 0.29) is 18.6 Å². The SMILES string of the molecule is CCC(F)C(F)CCS(=O)O. The molecule has 3 unspecified atom stereocenters. The first-order chi connectivity index (χ1) is 5.07. The molecule has 0 fully saturated rings. The van der Waals surface area contributed by atoms with Crippen molar-refractivity contribution in [3.05, 3.63) is 0 Å². The molecule has 0 aromatic heterocycles. The van der Waals surface area contributed by atoms with Crippen LogP contribution in [-0.4, -0.2) is 26.9 Å². The summed E-state index contributed by atoms with van der Waals surface area (Å²) in [6, 6.07) is 0. The van der Waals surface area contributed by atoms with E-state index < -0.39 is 23.4 Å². The van der Waals surface area contributed by atoms with Crippen molar-refractivity contribution in [2.45, 2.75) is 32.1 Å². The molecule has 3 atom stereocenters. The third-order valence-corrected chi connectivity index (χ3v) is 1.94. The summed E-state index contributed by atoms with van der Waals surface area (Å²) in [4.78, 5) is 0. The lowest BCUT2D eigenvalue weighted by atomic mass is 10.1. The molecule has 0 aliphatic heterocycles. The molecule has 0 aliphatic carbocycles. The van der Waals surface area contributed by atoms with Gasteiger partial charge in [0.15, 0.2) is 11.1 Å². The number of hydrogen-bond donors (Lipinski definition) is 1. The van der Waals surface area contributed by atoms with Crippen molar-refractivity contribution < 1.29 is 17.5 Å². The van der Waals surface area contributed by atoms with Crippen LogP contribution in [0.4, 0.5) is 8.78 Å². The summed E-state index contributed by atoms with van der Waals surface area (Å²) in [6.07, 6.45) is -3.17. The first-order valence-electron chi connectivity index (χ1n) is 3.43. The zero-order valence-electron chi connectivity index (χ0n) is 6.30. The van der Waals surface area contributed by atoms with Gasteiger partial charge in [0.25, 0.3) is 0 Å². The maximum absolute atomic E-state index is 12.5. The van der Waals surface area contributed by atoms with Gasteiger partial charge in [0, 0.05) is 0 Å². The van der Waals surface area contributed by atoms with Gasteiger partial charge in [0.1, 0.15) is 12.3 Å². The topological polar surface area (TPSA) is 37.3 Å². The maximum Gasteiger partial charge on any atom is 0.152 e. The second kappa shape index (κ2) is 5.60. The molecule has 0 amide bonds. The van der Waals surface area contributed by atoms with E-state index in [1.807, 2.05) is 0 Å². The molecule has 0 rings (SSSR count). The molecular weight excluding hydrogens is 174 g/mol. The zero-order chi connectivity index (χ0) is 8.85. The standard InChI is InChI=1S/C6H12F2O2S/c1-2-5(7)6(8)3-4-11(9)10/h5-6H,2-4H2,1H3,(H,9,10). The highest BCUT2D eigenvalue weighted by Gasteiger charge is 2.18. The number of rotatable bonds is 5. The van der Waals surface area contributed by atoms with Crippen LogP contribution in [0.5, 0.6) is 0 Å². The Kier molecular flexibility index (Phi) is 5.58. The monoisotopic (exact) mass is 186 g/mol. The lowest BCUT2D eigenvalue weighted by Gasteiger charge is -2.09. The summed E-state index contributed by atoms with van der Waals surface area (Å²) in [5, 5.41) is 0. The molecule has 0 aliphatic rings. The van der Waals surface area contributed by atoms with Gasteiger partial charge in [-0.05, 0) is 12.8 Å². The van der Waals surface area contributed by atoms with Crippen molar-refractivity contribution in [2.75, 3.05) is 5.75 Å². The molecule has 0 heterocycles. The van der Waals surface area contributed by atoms with Gasteiger partial charge in [0.2, 0.25) is 0 Å². The third kappa shape index (κ3) is 5.26. The van der Waals surface area contributed by atoms with Crippen molar-refractivity contribution >= 4 is 11.1 Å². The van der Waals surface area contributed by atoms with Crippen molar-refractivity contribution in [1.82, 2.24) is 0 Å². The van der Waals surface area contributed by atoms with Gasteiger partial charge in [-0.2, -0.15) is 0 Å². The van der Waals surface area contributed by atoms with Crippen LogP contribution in [0.15, 0.2) is 0 Å². The molecule has 2 nitrogen and oxygen atoms in total. The fraction of sp³-hybridized carbons (Fsp3) is 1.00. The first-order valence-corrected chi connectivity index (χ1v) is 4.71. The van der Waals surface area contributed by atoms with Crippen molar-refractivity contribution in [1.29, 1.82) is 0 Å². The minimum absolute atomic E-state index is 0.110. The van der Waals surface area contributed by atoms with E-state index in [4.69, 9.17) is 4.55 Å². The molecule has 0 radical (unpaired) electrons. The van der Waals surface area contributed by atoms with E-state index in [1.54, 1.807) is 0 Å². The molecule has 0 saturated heterocycles. The summed E-state index contributed by atoms with van der Waals surface area (Å²) in [7, 11) is 0. The van der Waals surface area contributed by atoms with E-state index in [0.29, 0.717) is 0 Å². The van der Waals surface area contributed by atoms with Crippen LogP contribution < -0.4 is 0 Å². The van der Waals surface area contributed by atoms with Crippen LogP contribution in [0, 0.1) is 0 Å². The van der Waals surface area contributed by atoms with Gasteiger partial charge >= 0.3 is 0 Å².